The van der Waals surface area contributed by atoms with Crippen molar-refractivity contribution in [3.05, 3.63) is 70.5 Å². The van der Waals surface area contributed by atoms with Gasteiger partial charge >= 0.3 is 0 Å². The fourth-order valence-corrected chi connectivity index (χ4v) is 7.87. The Balaban J connectivity index is 1.51. The number of nitrogens with one attached hydrogen (secondary N) is 1. The molecule has 0 unspecified atom stereocenters. The first-order chi connectivity index (χ1) is 19.6. The monoisotopic (exact) mass is 614 g/mol. The van der Waals surface area contributed by atoms with Gasteiger partial charge in [-0.05, 0) is 42.6 Å². The van der Waals surface area contributed by atoms with Crippen molar-refractivity contribution < 1.29 is 27.9 Å². The van der Waals surface area contributed by atoms with Gasteiger partial charge in [-0.3, -0.25) is 9.59 Å². The highest BCUT2D eigenvalue weighted by Crippen LogP contribution is 2.36. The Hall–Kier alpha value is -3.36. The van der Waals surface area contributed by atoms with Crippen LogP contribution in [0.3, 0.4) is 0 Å². The lowest BCUT2D eigenvalue weighted by atomic mass is 9.99. The van der Waals surface area contributed by atoms with Gasteiger partial charge in [0.25, 0.3) is 21.8 Å². The van der Waals surface area contributed by atoms with Gasteiger partial charge in [0.2, 0.25) is 0 Å². The quantitative estimate of drug-likeness (QED) is 0.305. The molecule has 0 saturated heterocycles. The van der Waals surface area contributed by atoms with Crippen LogP contribution in [0.15, 0.2) is 64.2 Å². The number of hydrogen-bond donors (Lipinski definition) is 2. The summed E-state index contributed by atoms with van der Waals surface area (Å²) < 4.78 is 35.2. The normalized spacial score (nSPS) is 18.5. The number of rotatable bonds is 8. The average Bonchev–Trinajstić information content (AvgIpc) is 3.66. The zero-order valence-electron chi connectivity index (χ0n) is 22.7. The van der Waals surface area contributed by atoms with Crippen LogP contribution in [0.1, 0.15) is 34.0 Å². The number of para-hydroxylation sites is 2. The highest BCUT2D eigenvalue weighted by molar-refractivity contribution is 7.91. The first-order valence-electron chi connectivity index (χ1n) is 13.0. The molecular weight excluding hydrogens is 585 g/mol. The summed E-state index contributed by atoms with van der Waals surface area (Å²) in [4.78, 5) is 33.0. The first kappa shape index (κ1) is 29.1. The number of amides is 2. The highest BCUT2D eigenvalue weighted by Gasteiger charge is 2.36. The van der Waals surface area contributed by atoms with E-state index in [-0.39, 0.29) is 57.7 Å². The number of fused-ring (bicyclic) bond motifs is 2. The summed E-state index contributed by atoms with van der Waals surface area (Å²) >= 11 is 2.38. The van der Waals surface area contributed by atoms with Crippen molar-refractivity contribution >= 4 is 60.4 Å². The number of aliphatic hydroxyl groups excluding tert-OH is 1. The summed E-state index contributed by atoms with van der Waals surface area (Å²) in [5, 5.41) is 14.7. The van der Waals surface area contributed by atoms with Crippen LogP contribution in [0.25, 0.3) is 10.2 Å². The second-order valence-corrected chi connectivity index (χ2v) is 14.2. The Morgan fingerprint density at radius 2 is 2.00 bits per heavy atom. The molecule has 4 aromatic rings. The van der Waals surface area contributed by atoms with Crippen molar-refractivity contribution in [3.63, 3.8) is 0 Å². The number of aromatic nitrogens is 1. The Labute approximate surface area is 246 Å². The molecule has 0 aliphatic carbocycles. The fourth-order valence-electron chi connectivity index (χ4n) is 4.62. The van der Waals surface area contributed by atoms with Gasteiger partial charge in [-0.1, -0.05) is 31.2 Å². The van der Waals surface area contributed by atoms with Crippen LogP contribution in [0.4, 0.5) is 5.69 Å². The van der Waals surface area contributed by atoms with Gasteiger partial charge in [-0.25, -0.2) is 13.4 Å². The summed E-state index contributed by atoms with van der Waals surface area (Å²) in [6.45, 7) is 3.60. The predicted molar refractivity (Wildman–Crippen MR) is 159 cm³/mol. The molecule has 0 bridgehead atoms. The van der Waals surface area contributed by atoms with Crippen LogP contribution in [0.2, 0.25) is 0 Å². The zero-order valence-corrected chi connectivity index (χ0v) is 25.1. The van der Waals surface area contributed by atoms with Gasteiger partial charge in [0.15, 0.2) is 10.8 Å². The van der Waals surface area contributed by atoms with E-state index in [1.807, 2.05) is 31.2 Å². The molecule has 2 aromatic carbocycles. The molecule has 5 rings (SSSR count). The van der Waals surface area contributed by atoms with Gasteiger partial charge in [0.1, 0.15) is 10.3 Å². The van der Waals surface area contributed by atoms with Gasteiger partial charge in [0.05, 0.1) is 40.7 Å². The van der Waals surface area contributed by atoms with Crippen molar-refractivity contribution in [1.29, 1.82) is 0 Å². The molecule has 2 N–H and O–H groups in total. The third kappa shape index (κ3) is 5.86. The van der Waals surface area contributed by atoms with Crippen LogP contribution in [-0.4, -0.2) is 78.4 Å². The summed E-state index contributed by atoms with van der Waals surface area (Å²) in [5.74, 6) is -1.00. The van der Waals surface area contributed by atoms with Crippen LogP contribution in [0.5, 0.6) is 5.75 Å². The summed E-state index contributed by atoms with van der Waals surface area (Å²) in [6, 6.07) is 15.0. The SMILES string of the molecule is C[C@@H]1CN([C@@H](C)CO)C(=O)c2cccc(NC(=O)c3nc4ccccc4s3)c2O[C@@H]1CN(C)S(=O)(=O)c1cccs1. The Bertz CT molecular complexity index is 1640. The summed E-state index contributed by atoms with van der Waals surface area (Å²) in [6.07, 6.45) is -0.685. The van der Waals surface area contributed by atoms with E-state index in [1.165, 1.54) is 22.7 Å². The molecule has 0 fully saturated rings. The van der Waals surface area contributed by atoms with Crippen LogP contribution in [0, 0.1) is 5.92 Å². The van der Waals surface area contributed by atoms with Gasteiger partial charge < -0.3 is 20.1 Å². The Kier molecular flexibility index (Phi) is 8.43. The van der Waals surface area contributed by atoms with E-state index in [2.05, 4.69) is 10.3 Å². The molecule has 41 heavy (non-hydrogen) atoms. The number of aliphatic hydroxyl groups is 1. The van der Waals surface area contributed by atoms with Gasteiger partial charge in [-0.2, -0.15) is 4.31 Å². The van der Waals surface area contributed by atoms with E-state index in [0.29, 0.717) is 5.52 Å². The molecule has 0 spiro atoms. The number of hydrogen-bond acceptors (Lipinski definition) is 9. The van der Waals surface area contributed by atoms with Crippen molar-refractivity contribution in [2.45, 2.75) is 30.2 Å². The lowest BCUT2D eigenvalue weighted by molar-refractivity contribution is 0.0388. The molecule has 2 aromatic heterocycles. The molecule has 3 atom stereocenters. The molecule has 1 aliphatic rings. The Morgan fingerprint density at radius 1 is 1.22 bits per heavy atom. The summed E-state index contributed by atoms with van der Waals surface area (Å²) in [7, 11) is -2.27. The van der Waals surface area contributed by atoms with Crippen molar-refractivity contribution in [2.75, 3.05) is 32.1 Å². The third-order valence-corrected chi connectivity index (χ3v) is 11.3. The fraction of sp³-hybridized carbons (Fsp3) is 0.321. The van der Waals surface area contributed by atoms with Crippen LogP contribution >= 0.6 is 22.7 Å². The van der Waals surface area contributed by atoms with E-state index in [9.17, 15) is 23.1 Å². The first-order valence-corrected chi connectivity index (χ1v) is 16.1. The number of carbonyl (C=O) groups is 2. The Morgan fingerprint density at radius 3 is 2.71 bits per heavy atom. The second kappa shape index (κ2) is 11.9. The molecule has 3 heterocycles. The summed E-state index contributed by atoms with van der Waals surface area (Å²) in [5.41, 5.74) is 1.17. The maximum absolute atomic E-state index is 13.7. The molecule has 216 valence electrons. The van der Waals surface area contributed by atoms with Crippen LogP contribution < -0.4 is 10.1 Å². The molecular formula is C28H30N4O6S3. The number of nitrogens with zero attached hydrogens (tertiary/aromatic N) is 3. The van der Waals surface area contributed by atoms with E-state index >= 15 is 0 Å². The number of thiazole rings is 1. The van der Waals surface area contributed by atoms with Crippen molar-refractivity contribution in [2.24, 2.45) is 5.92 Å². The number of sulfonamides is 1. The van der Waals surface area contributed by atoms with Gasteiger partial charge in [0, 0.05) is 19.5 Å². The molecule has 2 amide bonds. The van der Waals surface area contributed by atoms with E-state index in [0.717, 1.165) is 16.0 Å². The minimum Gasteiger partial charge on any atom is -0.486 e. The molecule has 10 nitrogen and oxygen atoms in total. The lowest BCUT2D eigenvalue weighted by Gasteiger charge is -2.38. The molecule has 0 radical (unpaired) electrons. The maximum Gasteiger partial charge on any atom is 0.284 e. The molecule has 1 aliphatic heterocycles. The largest absolute Gasteiger partial charge is 0.486 e. The smallest absolute Gasteiger partial charge is 0.284 e. The molecule has 0 saturated carbocycles. The number of benzene rings is 2. The molecule has 13 heteroatoms. The third-order valence-electron chi connectivity index (χ3n) is 7.02. The zero-order chi connectivity index (χ0) is 29.3. The highest BCUT2D eigenvalue weighted by atomic mass is 32.2. The average molecular weight is 615 g/mol. The number of likely N-dealkylation sites (N-methyl/N-ethyl adjacent to an activating group) is 1. The predicted octanol–water partition coefficient (Wildman–Crippen LogP) is 4.15. The topological polar surface area (TPSA) is 129 Å². The second-order valence-electron chi connectivity index (χ2n) is 9.96. The van der Waals surface area contributed by atoms with E-state index < -0.39 is 28.1 Å². The van der Waals surface area contributed by atoms with Crippen LogP contribution in [-0.2, 0) is 10.0 Å². The number of thiophene rings is 1. The minimum absolute atomic E-state index is 0.00345. The standard InChI is InChI=1S/C28H30N4O6S3/c1-17-14-32(18(2)16-33)28(35)19-8-6-10-21(29-26(34)27-30-20-9-4-5-11-23(20)40-27)25(19)38-22(17)15-31(3)41(36,37)24-12-7-13-39-24/h4-13,17-18,22,33H,14-16H2,1-3H3,(H,29,34)/t17-,18+,22-/m1/s1. The van der Waals surface area contributed by atoms with Crippen molar-refractivity contribution in [3.8, 4) is 5.75 Å². The van der Waals surface area contributed by atoms with Crippen molar-refractivity contribution in [1.82, 2.24) is 14.2 Å². The maximum atomic E-state index is 13.7. The number of ether oxygens (including phenoxy) is 1. The lowest BCUT2D eigenvalue weighted by Crippen LogP contribution is -2.50. The van der Waals surface area contributed by atoms with Gasteiger partial charge in [-0.15, -0.1) is 22.7 Å². The number of carbonyl (C=O) groups excluding carboxylic acids is 2. The number of anilines is 1. The minimum atomic E-state index is -3.77. The van der Waals surface area contributed by atoms with E-state index in [1.54, 1.807) is 47.5 Å². The van der Waals surface area contributed by atoms with E-state index in [4.69, 9.17) is 4.74 Å².